The number of ether oxygens (including phenoxy) is 1. The quantitative estimate of drug-likeness (QED) is 0.675. The van der Waals surface area contributed by atoms with Crippen LogP contribution in [0.1, 0.15) is 26.5 Å². The van der Waals surface area contributed by atoms with Gasteiger partial charge in [-0.3, -0.25) is 4.98 Å². The number of pyridine rings is 1. The van der Waals surface area contributed by atoms with Crippen molar-refractivity contribution in [3.05, 3.63) is 24.0 Å². The molecule has 0 N–H and O–H groups in total. The summed E-state index contributed by atoms with van der Waals surface area (Å²) in [6, 6.07) is 3.79. The largest absolute Gasteiger partial charge is 0.497 e. The number of methoxy groups -OCH3 is 1. The van der Waals surface area contributed by atoms with Gasteiger partial charge in [0.1, 0.15) is 5.75 Å². The van der Waals surface area contributed by atoms with Crippen LogP contribution in [0.4, 0.5) is 0 Å². The molecule has 0 saturated heterocycles. The topological polar surface area (TPSA) is 22.1 Å². The van der Waals surface area contributed by atoms with Crippen molar-refractivity contribution in [1.82, 2.24) is 4.98 Å². The van der Waals surface area contributed by atoms with Crippen molar-refractivity contribution in [2.45, 2.75) is 27.2 Å². The maximum atomic E-state index is 5.02. The van der Waals surface area contributed by atoms with Gasteiger partial charge < -0.3 is 4.74 Å². The molecule has 0 radical (unpaired) electrons. The van der Waals surface area contributed by atoms with E-state index in [0.717, 1.165) is 17.9 Å². The zero-order chi connectivity index (χ0) is 9.40. The average molecular weight is 167 g/mol. The molecule has 2 nitrogen and oxygen atoms in total. The Kier molecular flexibility index (Phi) is 6.07. The van der Waals surface area contributed by atoms with Gasteiger partial charge in [0.15, 0.2) is 0 Å². The fourth-order valence-electron chi connectivity index (χ4n) is 0.776. The molecule has 0 bridgehead atoms. The monoisotopic (exact) mass is 167 g/mol. The molecule has 0 spiro atoms. The summed E-state index contributed by atoms with van der Waals surface area (Å²) in [5.41, 5.74) is 1.07. The molecule has 0 amide bonds. The first-order valence-electron chi connectivity index (χ1n) is 4.35. The van der Waals surface area contributed by atoms with Gasteiger partial charge in [0.25, 0.3) is 0 Å². The highest BCUT2D eigenvalue weighted by Crippen LogP contribution is 2.09. The molecule has 0 fully saturated rings. The van der Waals surface area contributed by atoms with Gasteiger partial charge in [0, 0.05) is 18.0 Å². The fraction of sp³-hybridized carbons (Fsp3) is 0.500. The van der Waals surface area contributed by atoms with Crippen LogP contribution in [0.5, 0.6) is 5.75 Å². The number of aromatic nitrogens is 1. The van der Waals surface area contributed by atoms with E-state index in [1.807, 2.05) is 26.0 Å². The van der Waals surface area contributed by atoms with Crippen LogP contribution in [-0.2, 0) is 6.42 Å². The van der Waals surface area contributed by atoms with Crippen LogP contribution in [0.2, 0.25) is 0 Å². The van der Waals surface area contributed by atoms with Crippen LogP contribution in [0.3, 0.4) is 0 Å². The molecule has 1 heterocycles. The molecule has 68 valence electrons. The summed E-state index contributed by atoms with van der Waals surface area (Å²) in [7, 11) is 1.66. The average Bonchev–Trinajstić information content (AvgIpc) is 2.21. The van der Waals surface area contributed by atoms with E-state index in [9.17, 15) is 0 Å². The highest BCUT2D eigenvalue weighted by molar-refractivity contribution is 5.22. The van der Waals surface area contributed by atoms with Crippen molar-refractivity contribution < 1.29 is 4.74 Å². The van der Waals surface area contributed by atoms with Gasteiger partial charge >= 0.3 is 0 Å². The molecule has 0 aliphatic carbocycles. The third-order valence-corrected chi connectivity index (χ3v) is 1.39. The smallest absolute Gasteiger partial charge is 0.122 e. The van der Waals surface area contributed by atoms with E-state index in [2.05, 4.69) is 11.9 Å². The lowest BCUT2D eigenvalue weighted by Crippen LogP contribution is -1.88. The maximum absolute atomic E-state index is 5.02. The number of rotatable bonds is 2. The van der Waals surface area contributed by atoms with Gasteiger partial charge in [-0.25, -0.2) is 0 Å². The van der Waals surface area contributed by atoms with E-state index in [0.29, 0.717) is 0 Å². The SMILES string of the molecule is CC.CCc1cc(OC)ccn1. The second kappa shape index (κ2) is 6.65. The van der Waals surface area contributed by atoms with E-state index in [4.69, 9.17) is 4.74 Å². The van der Waals surface area contributed by atoms with Crippen LogP contribution < -0.4 is 4.74 Å². The highest BCUT2D eigenvalue weighted by Gasteiger charge is 1.91. The van der Waals surface area contributed by atoms with Crippen LogP contribution in [0.25, 0.3) is 0 Å². The zero-order valence-electron chi connectivity index (χ0n) is 8.29. The lowest BCUT2D eigenvalue weighted by Gasteiger charge is -1.99. The Morgan fingerprint density at radius 3 is 2.58 bits per heavy atom. The summed E-state index contributed by atoms with van der Waals surface area (Å²) in [5.74, 6) is 0.881. The first kappa shape index (κ1) is 11.0. The molecule has 0 aliphatic heterocycles. The van der Waals surface area contributed by atoms with Gasteiger partial charge in [-0.2, -0.15) is 0 Å². The number of hydrogen-bond donors (Lipinski definition) is 0. The first-order valence-corrected chi connectivity index (χ1v) is 4.35. The second-order valence-corrected chi connectivity index (χ2v) is 2.04. The van der Waals surface area contributed by atoms with Crippen LogP contribution >= 0.6 is 0 Å². The normalized spacial score (nSPS) is 8.33. The molecule has 1 aromatic rings. The van der Waals surface area contributed by atoms with Gasteiger partial charge in [-0.15, -0.1) is 0 Å². The van der Waals surface area contributed by atoms with E-state index < -0.39 is 0 Å². The first-order chi connectivity index (χ1) is 5.86. The Hall–Kier alpha value is -1.05. The molecule has 1 rings (SSSR count). The predicted octanol–water partition coefficient (Wildman–Crippen LogP) is 2.68. The van der Waals surface area contributed by atoms with E-state index in [-0.39, 0.29) is 0 Å². The minimum Gasteiger partial charge on any atom is -0.497 e. The van der Waals surface area contributed by atoms with Crippen molar-refractivity contribution >= 4 is 0 Å². The molecular weight excluding hydrogens is 150 g/mol. The Bertz CT molecular complexity index is 191. The summed E-state index contributed by atoms with van der Waals surface area (Å²) in [6.07, 6.45) is 2.72. The van der Waals surface area contributed by atoms with E-state index in [1.165, 1.54) is 0 Å². The summed E-state index contributed by atoms with van der Waals surface area (Å²) < 4.78 is 5.02. The summed E-state index contributed by atoms with van der Waals surface area (Å²) >= 11 is 0. The third-order valence-electron chi connectivity index (χ3n) is 1.39. The molecule has 12 heavy (non-hydrogen) atoms. The van der Waals surface area contributed by atoms with E-state index in [1.54, 1.807) is 13.3 Å². The number of nitrogens with zero attached hydrogens (tertiary/aromatic N) is 1. The lowest BCUT2D eigenvalue weighted by atomic mass is 10.3. The van der Waals surface area contributed by atoms with Crippen LogP contribution in [0, 0.1) is 0 Å². The zero-order valence-corrected chi connectivity index (χ0v) is 8.29. The van der Waals surface area contributed by atoms with Gasteiger partial charge in [0.2, 0.25) is 0 Å². The molecular formula is C10H17NO. The van der Waals surface area contributed by atoms with Gasteiger partial charge in [-0.1, -0.05) is 20.8 Å². The Morgan fingerprint density at radius 1 is 1.42 bits per heavy atom. The highest BCUT2D eigenvalue weighted by atomic mass is 16.5. The van der Waals surface area contributed by atoms with E-state index >= 15 is 0 Å². The van der Waals surface area contributed by atoms with Gasteiger partial charge in [0.05, 0.1) is 7.11 Å². The molecule has 1 aromatic heterocycles. The summed E-state index contributed by atoms with van der Waals surface area (Å²) in [5, 5.41) is 0. The van der Waals surface area contributed by atoms with Crippen molar-refractivity contribution in [2.24, 2.45) is 0 Å². The van der Waals surface area contributed by atoms with Gasteiger partial charge in [-0.05, 0) is 12.5 Å². The van der Waals surface area contributed by atoms with Crippen molar-refractivity contribution in [3.63, 3.8) is 0 Å². The minimum absolute atomic E-state index is 0.881. The Morgan fingerprint density at radius 2 is 2.08 bits per heavy atom. The van der Waals surface area contributed by atoms with Crippen molar-refractivity contribution in [3.8, 4) is 5.75 Å². The molecule has 0 aromatic carbocycles. The predicted molar refractivity (Wildman–Crippen MR) is 51.5 cm³/mol. The maximum Gasteiger partial charge on any atom is 0.122 e. The molecule has 0 unspecified atom stereocenters. The van der Waals surface area contributed by atoms with Crippen molar-refractivity contribution in [1.29, 1.82) is 0 Å². The van der Waals surface area contributed by atoms with Crippen molar-refractivity contribution in [2.75, 3.05) is 7.11 Å². The summed E-state index contributed by atoms with van der Waals surface area (Å²) in [6.45, 7) is 6.07. The number of aryl methyl sites for hydroxylation is 1. The van der Waals surface area contributed by atoms with Crippen LogP contribution in [-0.4, -0.2) is 12.1 Å². The molecule has 0 atom stereocenters. The minimum atomic E-state index is 0.881. The number of hydrogen-bond acceptors (Lipinski definition) is 2. The molecule has 0 aliphatic rings. The fourth-order valence-corrected chi connectivity index (χ4v) is 0.776. The Balaban J connectivity index is 0.000000561. The third kappa shape index (κ3) is 3.37. The molecule has 0 saturated carbocycles. The summed E-state index contributed by atoms with van der Waals surface area (Å²) in [4.78, 5) is 4.13. The second-order valence-electron chi connectivity index (χ2n) is 2.04. The Labute approximate surface area is 74.6 Å². The standard InChI is InChI=1S/C8H11NO.C2H6/c1-3-7-6-8(10-2)4-5-9-7;1-2/h4-6H,3H2,1-2H3;1-2H3. The van der Waals surface area contributed by atoms with Crippen LogP contribution in [0.15, 0.2) is 18.3 Å². The molecule has 2 heteroatoms. The lowest BCUT2D eigenvalue weighted by molar-refractivity contribution is 0.413.